The topological polar surface area (TPSA) is 105 Å². The first-order valence-corrected chi connectivity index (χ1v) is 13.1. The van der Waals surface area contributed by atoms with Gasteiger partial charge in [0.25, 0.3) is 0 Å². The van der Waals surface area contributed by atoms with Crippen molar-refractivity contribution in [2.24, 2.45) is 5.92 Å². The van der Waals surface area contributed by atoms with Crippen LogP contribution in [0.5, 0.6) is 0 Å². The van der Waals surface area contributed by atoms with Gasteiger partial charge < -0.3 is 20.9 Å². The maximum Gasteiger partial charge on any atom is 0.341 e. The van der Waals surface area contributed by atoms with E-state index in [1.54, 1.807) is 22.7 Å². The average Bonchev–Trinajstić information content (AvgIpc) is 3.25. The molecule has 0 aliphatic heterocycles. The zero-order valence-electron chi connectivity index (χ0n) is 19.4. The molecular weight excluding hydrogens is 444 g/mol. The maximum atomic E-state index is 11.8. The van der Waals surface area contributed by atoms with Gasteiger partial charge in [-0.2, -0.15) is 0 Å². The van der Waals surface area contributed by atoms with Crippen molar-refractivity contribution in [3.63, 3.8) is 0 Å². The molecule has 2 unspecified atom stereocenters. The summed E-state index contributed by atoms with van der Waals surface area (Å²) in [4.78, 5) is 26.2. The molecule has 176 valence electrons. The molecule has 2 aliphatic rings. The summed E-state index contributed by atoms with van der Waals surface area (Å²) in [6, 6.07) is 0. The van der Waals surface area contributed by atoms with Gasteiger partial charge in [0.1, 0.15) is 10.0 Å². The molecule has 2 aromatic rings. The number of nitrogen functional groups attached to an aromatic ring is 2. The fourth-order valence-electron chi connectivity index (χ4n) is 4.50. The van der Waals surface area contributed by atoms with E-state index >= 15 is 0 Å². The third-order valence-electron chi connectivity index (χ3n) is 6.07. The molecule has 6 nitrogen and oxygen atoms in total. The van der Waals surface area contributed by atoms with Crippen molar-refractivity contribution in [2.45, 2.75) is 72.1 Å². The molecule has 0 amide bonds. The number of carbonyl (C=O) groups excluding carboxylic acids is 2. The second-order valence-electron chi connectivity index (χ2n) is 8.51. The molecule has 4 rings (SSSR count). The van der Waals surface area contributed by atoms with Crippen LogP contribution < -0.4 is 11.5 Å². The Morgan fingerprint density at radius 2 is 1.50 bits per heavy atom. The molecule has 2 aliphatic carbocycles. The van der Waals surface area contributed by atoms with Gasteiger partial charge in [0.2, 0.25) is 0 Å². The highest BCUT2D eigenvalue weighted by Gasteiger charge is 2.28. The highest BCUT2D eigenvalue weighted by atomic mass is 32.1. The molecule has 2 atom stereocenters. The number of anilines is 2. The van der Waals surface area contributed by atoms with Crippen molar-refractivity contribution in [2.75, 3.05) is 24.7 Å². The van der Waals surface area contributed by atoms with Gasteiger partial charge >= 0.3 is 11.9 Å². The molecule has 32 heavy (non-hydrogen) atoms. The Morgan fingerprint density at radius 1 is 0.906 bits per heavy atom. The highest BCUT2D eigenvalue weighted by molar-refractivity contribution is 7.17. The van der Waals surface area contributed by atoms with Crippen LogP contribution in [0.3, 0.4) is 0 Å². The van der Waals surface area contributed by atoms with E-state index in [1.807, 2.05) is 13.8 Å². The van der Waals surface area contributed by atoms with Crippen LogP contribution in [0, 0.1) is 5.92 Å². The Labute approximate surface area is 198 Å². The summed E-state index contributed by atoms with van der Waals surface area (Å²) >= 11 is 3.11. The standard InChI is InChI=1S/2C12H17NO2S/c1-3-15-12(14)10-8-6-7(2)4-5-9(8)16-11(10)13;1-3-15-12(14)9-8-6-4-5-7(2)10(8)16-11(9)13/h2*7H,3-6,13H2,1-2H3. The lowest BCUT2D eigenvalue weighted by atomic mass is 9.88. The van der Waals surface area contributed by atoms with Crippen LogP contribution in [0.2, 0.25) is 0 Å². The van der Waals surface area contributed by atoms with Crippen LogP contribution in [0.25, 0.3) is 0 Å². The molecule has 0 radical (unpaired) electrons. The Hall–Kier alpha value is -2.06. The third-order valence-corrected chi connectivity index (χ3v) is 8.48. The van der Waals surface area contributed by atoms with E-state index in [4.69, 9.17) is 20.9 Å². The number of hydrogen-bond acceptors (Lipinski definition) is 8. The number of nitrogens with two attached hydrogens (primary N) is 2. The van der Waals surface area contributed by atoms with Crippen LogP contribution in [0.4, 0.5) is 10.0 Å². The number of ether oxygens (including phenoxy) is 2. The van der Waals surface area contributed by atoms with Crippen LogP contribution in [-0.4, -0.2) is 25.2 Å². The van der Waals surface area contributed by atoms with Crippen LogP contribution in [0.15, 0.2) is 0 Å². The normalized spacial score (nSPS) is 19.2. The van der Waals surface area contributed by atoms with Gasteiger partial charge in [-0.15, -0.1) is 22.7 Å². The molecule has 0 saturated carbocycles. The number of aryl methyl sites for hydroxylation is 1. The van der Waals surface area contributed by atoms with Crippen molar-refractivity contribution < 1.29 is 19.1 Å². The van der Waals surface area contributed by atoms with Crippen molar-refractivity contribution in [3.05, 3.63) is 32.0 Å². The fourth-order valence-corrected chi connectivity index (χ4v) is 6.79. The second kappa shape index (κ2) is 10.7. The zero-order valence-corrected chi connectivity index (χ0v) is 21.0. The molecule has 0 bridgehead atoms. The van der Waals surface area contributed by atoms with E-state index in [9.17, 15) is 9.59 Å². The fraction of sp³-hybridized carbons (Fsp3) is 0.583. The van der Waals surface area contributed by atoms with E-state index in [2.05, 4.69) is 13.8 Å². The van der Waals surface area contributed by atoms with Gasteiger partial charge in [-0.05, 0) is 75.3 Å². The van der Waals surface area contributed by atoms with Crippen molar-refractivity contribution >= 4 is 44.6 Å². The number of rotatable bonds is 4. The molecule has 4 N–H and O–H groups in total. The van der Waals surface area contributed by atoms with E-state index < -0.39 is 0 Å². The summed E-state index contributed by atoms with van der Waals surface area (Å²) in [6.07, 6.45) is 6.48. The first-order chi connectivity index (χ1) is 15.3. The summed E-state index contributed by atoms with van der Waals surface area (Å²) in [5.41, 5.74) is 15.4. The average molecular weight is 479 g/mol. The number of hydrogen-bond donors (Lipinski definition) is 2. The molecule has 0 spiro atoms. The first-order valence-electron chi connectivity index (χ1n) is 11.4. The van der Waals surface area contributed by atoms with Gasteiger partial charge in [-0.3, -0.25) is 0 Å². The zero-order chi connectivity index (χ0) is 23.4. The molecule has 0 saturated heterocycles. The van der Waals surface area contributed by atoms with Crippen LogP contribution in [-0.2, 0) is 28.7 Å². The quantitative estimate of drug-likeness (QED) is 0.556. The predicted octanol–water partition coefficient (Wildman–Crippen LogP) is 5.58. The maximum absolute atomic E-state index is 11.8. The van der Waals surface area contributed by atoms with Gasteiger partial charge in [-0.1, -0.05) is 13.8 Å². The summed E-state index contributed by atoms with van der Waals surface area (Å²) in [6.45, 7) is 8.84. The van der Waals surface area contributed by atoms with Crippen LogP contribution in [0.1, 0.15) is 94.5 Å². The van der Waals surface area contributed by atoms with Crippen LogP contribution >= 0.6 is 22.7 Å². The monoisotopic (exact) mass is 478 g/mol. The summed E-state index contributed by atoms with van der Waals surface area (Å²) in [5, 5.41) is 1.25. The summed E-state index contributed by atoms with van der Waals surface area (Å²) in [7, 11) is 0. The lowest BCUT2D eigenvalue weighted by molar-refractivity contribution is 0.0516. The number of esters is 2. The minimum atomic E-state index is -0.258. The Bertz CT molecular complexity index is 979. The number of carbonyl (C=O) groups is 2. The number of thiophene rings is 2. The van der Waals surface area contributed by atoms with Gasteiger partial charge in [0, 0.05) is 9.75 Å². The summed E-state index contributed by atoms with van der Waals surface area (Å²) < 4.78 is 10.1. The van der Waals surface area contributed by atoms with Crippen molar-refractivity contribution in [3.8, 4) is 0 Å². The van der Waals surface area contributed by atoms with Gasteiger partial charge in [0.15, 0.2) is 0 Å². The van der Waals surface area contributed by atoms with Crippen molar-refractivity contribution in [1.82, 2.24) is 0 Å². The van der Waals surface area contributed by atoms with E-state index in [0.717, 1.165) is 36.8 Å². The first kappa shape index (κ1) is 24.6. The lowest BCUT2D eigenvalue weighted by Crippen LogP contribution is -2.14. The molecule has 2 aromatic heterocycles. The van der Waals surface area contributed by atoms with E-state index in [0.29, 0.717) is 46.2 Å². The second-order valence-corrected chi connectivity index (χ2v) is 10.7. The summed E-state index contributed by atoms with van der Waals surface area (Å²) in [5.74, 6) is 0.645. The Kier molecular flexibility index (Phi) is 8.22. The minimum absolute atomic E-state index is 0.258. The van der Waals surface area contributed by atoms with Gasteiger partial charge in [0.05, 0.1) is 24.3 Å². The lowest BCUT2D eigenvalue weighted by Gasteiger charge is -2.18. The molecular formula is C24H34N2O4S2. The molecule has 0 fully saturated rings. The Balaban J connectivity index is 0.000000181. The molecule has 8 heteroatoms. The van der Waals surface area contributed by atoms with E-state index in [1.165, 1.54) is 22.6 Å². The SMILES string of the molecule is CCOC(=O)c1c(N)sc2c1CC(C)CC2.CCOC(=O)c1c(N)sc2c1CCCC2C. The minimum Gasteiger partial charge on any atom is -0.462 e. The van der Waals surface area contributed by atoms with Gasteiger partial charge in [-0.25, -0.2) is 9.59 Å². The van der Waals surface area contributed by atoms with Crippen molar-refractivity contribution in [1.29, 1.82) is 0 Å². The smallest absolute Gasteiger partial charge is 0.341 e. The third kappa shape index (κ3) is 5.12. The molecule has 0 aromatic carbocycles. The van der Waals surface area contributed by atoms with E-state index in [-0.39, 0.29) is 11.9 Å². The Morgan fingerprint density at radius 3 is 2.12 bits per heavy atom. The largest absolute Gasteiger partial charge is 0.462 e. The molecule has 2 heterocycles. The highest BCUT2D eigenvalue weighted by Crippen LogP contribution is 2.42. The number of fused-ring (bicyclic) bond motifs is 2. The predicted molar refractivity (Wildman–Crippen MR) is 132 cm³/mol.